The van der Waals surface area contributed by atoms with Crippen LogP contribution in [-0.4, -0.2) is 68.4 Å². The molecule has 118 valence electrons. The molecular weight excluding hydrogens is 284 g/mol. The lowest BCUT2D eigenvalue weighted by atomic mass is 10.3. The number of hydrogen-bond donors (Lipinski definition) is 1. The van der Waals surface area contributed by atoms with E-state index in [9.17, 15) is 4.79 Å². The molecule has 22 heavy (non-hydrogen) atoms. The molecule has 0 unspecified atom stereocenters. The summed E-state index contributed by atoms with van der Waals surface area (Å²) >= 11 is 0. The Balaban J connectivity index is 1.88. The fraction of sp³-hybridized carbons (Fsp3) is 0.571. The number of rotatable bonds is 3. The summed E-state index contributed by atoms with van der Waals surface area (Å²) in [6.45, 7) is 5.12. The SMILES string of the molecule is CC(=O)N1CCCN(c2ncnc3c2cnn3CCO)CC1. The third kappa shape index (κ3) is 2.74. The summed E-state index contributed by atoms with van der Waals surface area (Å²) in [6.07, 6.45) is 4.19. The zero-order chi connectivity index (χ0) is 15.5. The normalized spacial score (nSPS) is 16.1. The second-order valence-electron chi connectivity index (χ2n) is 5.37. The molecule has 1 aliphatic heterocycles. The first-order chi connectivity index (χ1) is 10.7. The maximum absolute atomic E-state index is 11.5. The number of aliphatic hydroxyl groups is 1. The lowest BCUT2D eigenvalue weighted by Gasteiger charge is -2.22. The third-order valence-electron chi connectivity index (χ3n) is 3.97. The fourth-order valence-corrected chi connectivity index (χ4v) is 2.84. The van der Waals surface area contributed by atoms with Crippen LogP contribution in [0, 0.1) is 0 Å². The molecule has 0 radical (unpaired) electrons. The number of aliphatic hydroxyl groups excluding tert-OH is 1. The number of carbonyl (C=O) groups is 1. The number of carbonyl (C=O) groups excluding carboxylic acids is 1. The molecule has 8 heteroatoms. The molecule has 0 aliphatic carbocycles. The average molecular weight is 304 g/mol. The molecule has 1 saturated heterocycles. The Hall–Kier alpha value is -2.22. The molecule has 0 atom stereocenters. The van der Waals surface area contributed by atoms with E-state index in [1.807, 2.05) is 4.90 Å². The van der Waals surface area contributed by atoms with Crippen molar-refractivity contribution in [2.75, 3.05) is 37.7 Å². The lowest BCUT2D eigenvalue weighted by molar-refractivity contribution is -0.128. The largest absolute Gasteiger partial charge is 0.394 e. The van der Waals surface area contributed by atoms with Crippen molar-refractivity contribution in [2.24, 2.45) is 0 Å². The second-order valence-corrected chi connectivity index (χ2v) is 5.37. The van der Waals surface area contributed by atoms with Gasteiger partial charge >= 0.3 is 0 Å². The van der Waals surface area contributed by atoms with E-state index in [1.165, 1.54) is 6.33 Å². The monoisotopic (exact) mass is 304 g/mol. The van der Waals surface area contributed by atoms with Crippen molar-refractivity contribution in [1.29, 1.82) is 0 Å². The highest BCUT2D eigenvalue weighted by Crippen LogP contribution is 2.23. The van der Waals surface area contributed by atoms with E-state index in [1.54, 1.807) is 17.8 Å². The highest BCUT2D eigenvalue weighted by atomic mass is 16.3. The summed E-state index contributed by atoms with van der Waals surface area (Å²) in [5.41, 5.74) is 0.728. The minimum Gasteiger partial charge on any atom is -0.394 e. The molecule has 1 amide bonds. The Labute approximate surface area is 128 Å². The van der Waals surface area contributed by atoms with Crippen molar-refractivity contribution in [3.8, 4) is 0 Å². The summed E-state index contributed by atoms with van der Waals surface area (Å²) in [5, 5.41) is 14.2. The van der Waals surface area contributed by atoms with Crippen LogP contribution in [0.5, 0.6) is 0 Å². The van der Waals surface area contributed by atoms with Crippen molar-refractivity contribution < 1.29 is 9.90 Å². The van der Waals surface area contributed by atoms with Gasteiger partial charge in [-0.3, -0.25) is 4.79 Å². The summed E-state index contributed by atoms with van der Waals surface area (Å²) in [7, 11) is 0. The molecular formula is C14H20N6O2. The zero-order valence-electron chi connectivity index (χ0n) is 12.6. The van der Waals surface area contributed by atoms with E-state index >= 15 is 0 Å². The molecule has 0 saturated carbocycles. The van der Waals surface area contributed by atoms with Crippen molar-refractivity contribution in [3.63, 3.8) is 0 Å². The fourth-order valence-electron chi connectivity index (χ4n) is 2.84. The van der Waals surface area contributed by atoms with Crippen molar-refractivity contribution in [1.82, 2.24) is 24.6 Å². The number of anilines is 1. The number of aromatic nitrogens is 4. The van der Waals surface area contributed by atoms with Gasteiger partial charge in [-0.25, -0.2) is 14.6 Å². The Morgan fingerprint density at radius 3 is 2.91 bits per heavy atom. The van der Waals surface area contributed by atoms with Gasteiger partial charge in [0, 0.05) is 33.1 Å². The number of nitrogens with zero attached hydrogens (tertiary/aromatic N) is 6. The average Bonchev–Trinajstić information content (AvgIpc) is 2.77. The molecule has 1 aliphatic rings. The van der Waals surface area contributed by atoms with Gasteiger partial charge in [0.05, 0.1) is 24.7 Å². The number of hydrogen-bond acceptors (Lipinski definition) is 6. The van der Waals surface area contributed by atoms with Gasteiger partial charge in [-0.15, -0.1) is 0 Å². The predicted molar refractivity (Wildman–Crippen MR) is 81.5 cm³/mol. The van der Waals surface area contributed by atoms with Crippen molar-refractivity contribution >= 4 is 22.8 Å². The Morgan fingerprint density at radius 1 is 1.27 bits per heavy atom. The molecule has 2 aromatic heterocycles. The summed E-state index contributed by atoms with van der Waals surface area (Å²) in [5.74, 6) is 0.963. The van der Waals surface area contributed by atoms with E-state index < -0.39 is 0 Å². The first-order valence-electron chi connectivity index (χ1n) is 7.48. The second kappa shape index (κ2) is 6.27. The minimum absolute atomic E-state index is 0.0212. The summed E-state index contributed by atoms with van der Waals surface area (Å²) in [6, 6.07) is 0. The van der Waals surface area contributed by atoms with Crippen LogP contribution >= 0.6 is 0 Å². The van der Waals surface area contributed by atoms with E-state index in [0.29, 0.717) is 13.1 Å². The van der Waals surface area contributed by atoms with Gasteiger partial charge < -0.3 is 14.9 Å². The lowest BCUT2D eigenvalue weighted by Crippen LogP contribution is -2.33. The summed E-state index contributed by atoms with van der Waals surface area (Å²) in [4.78, 5) is 24.3. The molecule has 0 aromatic carbocycles. The number of amides is 1. The van der Waals surface area contributed by atoms with Gasteiger partial charge in [-0.05, 0) is 6.42 Å². The Kier molecular flexibility index (Phi) is 4.19. The van der Waals surface area contributed by atoms with Gasteiger partial charge in [-0.1, -0.05) is 0 Å². The first kappa shape index (κ1) is 14.7. The maximum Gasteiger partial charge on any atom is 0.219 e. The molecule has 3 heterocycles. The quantitative estimate of drug-likeness (QED) is 0.850. The standard InChI is InChI=1S/C14H20N6O2/c1-11(22)18-3-2-4-19(6-5-18)13-12-9-17-20(7-8-21)14(12)16-10-15-13/h9-10,21H,2-8H2,1H3. The van der Waals surface area contributed by atoms with Crippen LogP contribution in [0.1, 0.15) is 13.3 Å². The zero-order valence-corrected chi connectivity index (χ0v) is 12.6. The first-order valence-corrected chi connectivity index (χ1v) is 7.48. The number of fused-ring (bicyclic) bond motifs is 1. The van der Waals surface area contributed by atoms with Crippen LogP contribution in [0.2, 0.25) is 0 Å². The van der Waals surface area contributed by atoms with E-state index in [4.69, 9.17) is 5.11 Å². The van der Waals surface area contributed by atoms with Crippen LogP contribution < -0.4 is 4.90 Å². The highest BCUT2D eigenvalue weighted by Gasteiger charge is 2.20. The van der Waals surface area contributed by atoms with Crippen LogP contribution in [0.3, 0.4) is 0 Å². The van der Waals surface area contributed by atoms with Gasteiger partial charge in [0.25, 0.3) is 0 Å². The molecule has 0 bridgehead atoms. The van der Waals surface area contributed by atoms with Crippen molar-refractivity contribution in [2.45, 2.75) is 19.9 Å². The van der Waals surface area contributed by atoms with E-state index in [2.05, 4.69) is 20.0 Å². The van der Waals surface area contributed by atoms with Crippen LogP contribution in [0.4, 0.5) is 5.82 Å². The smallest absolute Gasteiger partial charge is 0.219 e. The maximum atomic E-state index is 11.5. The van der Waals surface area contributed by atoms with Gasteiger partial charge in [-0.2, -0.15) is 5.10 Å². The molecule has 3 rings (SSSR count). The molecule has 1 N–H and O–H groups in total. The van der Waals surface area contributed by atoms with Crippen LogP contribution in [-0.2, 0) is 11.3 Å². The molecule has 0 spiro atoms. The highest BCUT2D eigenvalue weighted by molar-refractivity contribution is 5.86. The molecule has 1 fully saturated rings. The topological polar surface area (TPSA) is 87.4 Å². The minimum atomic E-state index is 0.0212. The van der Waals surface area contributed by atoms with Crippen LogP contribution in [0.25, 0.3) is 11.0 Å². The predicted octanol–water partition coefficient (Wildman–Crippen LogP) is -0.123. The molecule has 8 nitrogen and oxygen atoms in total. The van der Waals surface area contributed by atoms with Gasteiger partial charge in [0.2, 0.25) is 5.91 Å². The van der Waals surface area contributed by atoms with E-state index in [-0.39, 0.29) is 12.5 Å². The third-order valence-corrected chi connectivity index (χ3v) is 3.97. The van der Waals surface area contributed by atoms with Gasteiger partial charge in [0.1, 0.15) is 12.1 Å². The van der Waals surface area contributed by atoms with E-state index in [0.717, 1.165) is 42.9 Å². The van der Waals surface area contributed by atoms with Crippen molar-refractivity contribution in [3.05, 3.63) is 12.5 Å². The van der Waals surface area contributed by atoms with Gasteiger partial charge in [0.15, 0.2) is 5.65 Å². The summed E-state index contributed by atoms with van der Waals surface area (Å²) < 4.78 is 1.68. The molecule has 2 aromatic rings. The Bertz CT molecular complexity index is 670. The Morgan fingerprint density at radius 2 is 2.14 bits per heavy atom. The van der Waals surface area contributed by atoms with Crippen LogP contribution in [0.15, 0.2) is 12.5 Å².